The molecule has 0 fully saturated rings. The van der Waals surface area contributed by atoms with Gasteiger partial charge in [0.15, 0.2) is 5.01 Å². The zero-order valence-corrected chi connectivity index (χ0v) is 12.6. The van der Waals surface area contributed by atoms with E-state index in [2.05, 4.69) is 20.5 Å². The van der Waals surface area contributed by atoms with Crippen molar-refractivity contribution in [1.29, 1.82) is 0 Å². The van der Waals surface area contributed by atoms with E-state index in [1.807, 2.05) is 18.2 Å². The summed E-state index contributed by atoms with van der Waals surface area (Å²) in [6.45, 7) is 0.326. The molecule has 7 heteroatoms. The number of hydrogen-bond acceptors (Lipinski definition) is 6. The fourth-order valence-corrected chi connectivity index (χ4v) is 2.57. The maximum absolute atomic E-state index is 13.8. The molecule has 0 aliphatic heterocycles. The third-order valence-electron chi connectivity index (χ3n) is 3.00. The van der Waals surface area contributed by atoms with Crippen molar-refractivity contribution in [2.75, 3.05) is 12.4 Å². The molecule has 0 bridgehead atoms. The Morgan fingerprint density at radius 3 is 2.86 bits per heavy atom. The summed E-state index contributed by atoms with van der Waals surface area (Å²) in [4.78, 5) is 4.22. The van der Waals surface area contributed by atoms with Crippen molar-refractivity contribution in [3.63, 3.8) is 0 Å². The standard InChI is InChI=1S/C15H13FN4OS/c1-21-11-6-5-10(12(16)8-11)9-18-15-20-19-14(22-15)13-4-2-3-7-17-13/h2-8H,9H2,1H3,(H,18,20). The molecule has 0 saturated carbocycles. The minimum absolute atomic E-state index is 0.318. The van der Waals surface area contributed by atoms with Crippen LogP contribution in [0.1, 0.15) is 5.56 Å². The number of halogens is 1. The van der Waals surface area contributed by atoms with E-state index in [9.17, 15) is 4.39 Å². The molecule has 0 aliphatic carbocycles. The Kier molecular flexibility index (Phi) is 4.24. The molecule has 5 nitrogen and oxygen atoms in total. The Morgan fingerprint density at radius 2 is 2.14 bits per heavy atom. The summed E-state index contributed by atoms with van der Waals surface area (Å²) in [5.41, 5.74) is 1.30. The van der Waals surface area contributed by atoms with E-state index in [0.29, 0.717) is 23.0 Å². The zero-order chi connectivity index (χ0) is 15.4. The van der Waals surface area contributed by atoms with Crippen molar-refractivity contribution in [1.82, 2.24) is 15.2 Å². The summed E-state index contributed by atoms with van der Waals surface area (Å²) < 4.78 is 18.8. The topological polar surface area (TPSA) is 59.9 Å². The average molecular weight is 316 g/mol. The van der Waals surface area contributed by atoms with Crippen LogP contribution in [0.15, 0.2) is 42.6 Å². The Balaban J connectivity index is 1.69. The van der Waals surface area contributed by atoms with Crippen LogP contribution in [0.25, 0.3) is 10.7 Å². The fourth-order valence-electron chi connectivity index (χ4n) is 1.86. The maximum atomic E-state index is 13.8. The van der Waals surface area contributed by atoms with Gasteiger partial charge < -0.3 is 10.1 Å². The highest BCUT2D eigenvalue weighted by molar-refractivity contribution is 7.18. The molecule has 0 unspecified atom stereocenters. The van der Waals surface area contributed by atoms with Crippen LogP contribution in [0.3, 0.4) is 0 Å². The Morgan fingerprint density at radius 1 is 1.23 bits per heavy atom. The van der Waals surface area contributed by atoms with Crippen molar-refractivity contribution >= 4 is 16.5 Å². The number of ether oxygens (including phenoxy) is 1. The first-order chi connectivity index (χ1) is 10.8. The first kappa shape index (κ1) is 14.4. The Hall–Kier alpha value is -2.54. The van der Waals surface area contributed by atoms with Crippen LogP contribution in [0.4, 0.5) is 9.52 Å². The molecule has 1 N–H and O–H groups in total. The highest BCUT2D eigenvalue weighted by Crippen LogP contribution is 2.25. The van der Waals surface area contributed by atoms with Crippen molar-refractivity contribution in [2.24, 2.45) is 0 Å². The van der Waals surface area contributed by atoms with Crippen molar-refractivity contribution in [2.45, 2.75) is 6.54 Å². The second-order valence-electron chi connectivity index (χ2n) is 4.44. The number of hydrogen-bond donors (Lipinski definition) is 1. The smallest absolute Gasteiger partial charge is 0.206 e. The summed E-state index contributed by atoms with van der Waals surface area (Å²) in [5, 5.41) is 12.5. The summed E-state index contributed by atoms with van der Waals surface area (Å²) in [5.74, 6) is 0.177. The number of aromatic nitrogens is 3. The number of rotatable bonds is 5. The lowest BCUT2D eigenvalue weighted by atomic mass is 10.2. The van der Waals surface area contributed by atoms with Gasteiger partial charge in [-0.05, 0) is 18.2 Å². The quantitative estimate of drug-likeness (QED) is 0.782. The third kappa shape index (κ3) is 3.20. The van der Waals surface area contributed by atoms with E-state index < -0.39 is 0 Å². The van der Waals surface area contributed by atoms with E-state index in [4.69, 9.17) is 4.74 Å². The van der Waals surface area contributed by atoms with Crippen LogP contribution in [0, 0.1) is 5.82 Å². The molecule has 3 rings (SSSR count). The molecule has 2 heterocycles. The second kappa shape index (κ2) is 6.48. The minimum Gasteiger partial charge on any atom is -0.497 e. The molecule has 0 amide bonds. The lowest BCUT2D eigenvalue weighted by Crippen LogP contribution is -2.01. The SMILES string of the molecule is COc1ccc(CNc2nnc(-c3ccccn3)s2)c(F)c1. The predicted molar refractivity (Wildman–Crippen MR) is 83.4 cm³/mol. The van der Waals surface area contributed by atoms with Gasteiger partial charge in [0, 0.05) is 24.4 Å². The van der Waals surface area contributed by atoms with Crippen molar-refractivity contribution < 1.29 is 9.13 Å². The molecule has 0 saturated heterocycles. The fraction of sp³-hybridized carbons (Fsp3) is 0.133. The predicted octanol–water partition coefficient (Wildman–Crippen LogP) is 3.36. The van der Waals surface area contributed by atoms with Crippen LogP contribution in [0.5, 0.6) is 5.75 Å². The molecule has 2 aromatic heterocycles. The summed E-state index contributed by atoms with van der Waals surface area (Å²) in [7, 11) is 1.51. The number of anilines is 1. The Bertz CT molecular complexity index is 763. The molecule has 0 spiro atoms. The van der Waals surface area contributed by atoms with Crippen LogP contribution >= 0.6 is 11.3 Å². The van der Waals surface area contributed by atoms with Gasteiger partial charge in [0.1, 0.15) is 17.3 Å². The first-order valence-corrected chi connectivity index (χ1v) is 7.39. The Labute approximate surface area is 130 Å². The first-order valence-electron chi connectivity index (χ1n) is 6.57. The number of nitrogens with one attached hydrogen (secondary N) is 1. The maximum Gasteiger partial charge on any atom is 0.206 e. The number of pyridine rings is 1. The van der Waals surface area contributed by atoms with Crippen LogP contribution in [0.2, 0.25) is 0 Å². The second-order valence-corrected chi connectivity index (χ2v) is 5.42. The van der Waals surface area contributed by atoms with Crippen LogP contribution in [-0.4, -0.2) is 22.3 Å². The molecule has 0 aliphatic rings. The van der Waals surface area contributed by atoms with Gasteiger partial charge in [-0.25, -0.2) is 4.39 Å². The van der Waals surface area contributed by atoms with E-state index in [0.717, 1.165) is 10.7 Å². The van der Waals surface area contributed by atoms with Gasteiger partial charge >= 0.3 is 0 Å². The molecular weight excluding hydrogens is 303 g/mol. The molecule has 0 atom stereocenters. The highest BCUT2D eigenvalue weighted by Gasteiger charge is 2.09. The number of nitrogens with zero attached hydrogens (tertiary/aromatic N) is 3. The third-order valence-corrected chi connectivity index (χ3v) is 3.90. The molecule has 1 aromatic carbocycles. The number of methoxy groups -OCH3 is 1. The van der Waals surface area contributed by atoms with Crippen LogP contribution < -0.4 is 10.1 Å². The summed E-state index contributed by atoms with van der Waals surface area (Å²) in [6.07, 6.45) is 1.70. The van der Waals surface area contributed by atoms with E-state index in [-0.39, 0.29) is 5.82 Å². The molecule has 0 radical (unpaired) electrons. The van der Waals surface area contributed by atoms with E-state index >= 15 is 0 Å². The van der Waals surface area contributed by atoms with Gasteiger partial charge in [0.25, 0.3) is 0 Å². The highest BCUT2D eigenvalue weighted by atomic mass is 32.1. The van der Waals surface area contributed by atoms with E-state index in [1.165, 1.54) is 24.5 Å². The van der Waals surface area contributed by atoms with Crippen molar-refractivity contribution in [3.05, 3.63) is 54.0 Å². The number of benzene rings is 1. The molecule has 3 aromatic rings. The van der Waals surface area contributed by atoms with Gasteiger partial charge in [0.05, 0.1) is 7.11 Å². The monoisotopic (exact) mass is 316 g/mol. The van der Waals surface area contributed by atoms with Crippen molar-refractivity contribution in [3.8, 4) is 16.5 Å². The largest absolute Gasteiger partial charge is 0.497 e. The van der Waals surface area contributed by atoms with Gasteiger partial charge in [0.2, 0.25) is 5.13 Å². The van der Waals surface area contributed by atoms with Gasteiger partial charge in [-0.1, -0.05) is 23.5 Å². The average Bonchev–Trinajstić information content (AvgIpc) is 3.03. The van der Waals surface area contributed by atoms with Crippen LogP contribution in [-0.2, 0) is 6.54 Å². The molecule has 112 valence electrons. The lowest BCUT2D eigenvalue weighted by Gasteiger charge is -2.06. The zero-order valence-electron chi connectivity index (χ0n) is 11.8. The van der Waals surface area contributed by atoms with E-state index in [1.54, 1.807) is 18.3 Å². The summed E-state index contributed by atoms with van der Waals surface area (Å²) >= 11 is 1.38. The molecular formula is C15H13FN4OS. The summed E-state index contributed by atoms with van der Waals surface area (Å²) in [6, 6.07) is 10.4. The normalized spacial score (nSPS) is 10.5. The van der Waals surface area contributed by atoms with Gasteiger partial charge in [-0.3, -0.25) is 4.98 Å². The lowest BCUT2D eigenvalue weighted by molar-refractivity contribution is 0.411. The molecule has 22 heavy (non-hydrogen) atoms. The minimum atomic E-state index is -0.318. The van der Waals surface area contributed by atoms with Gasteiger partial charge in [-0.2, -0.15) is 0 Å². The van der Waals surface area contributed by atoms with Gasteiger partial charge in [-0.15, -0.1) is 10.2 Å².